The van der Waals surface area contributed by atoms with Gasteiger partial charge in [-0.2, -0.15) is 52.7 Å². The molecule has 1 aromatic carbocycles. The molecular formula is C14H5BCl2F12O2. The van der Waals surface area contributed by atoms with Crippen LogP contribution in [0.2, 0.25) is 0 Å². The summed E-state index contributed by atoms with van der Waals surface area (Å²) in [6.45, 7) is 0. The molecule has 17 heteroatoms. The molecule has 0 heterocycles. The van der Waals surface area contributed by atoms with Gasteiger partial charge in [0.15, 0.2) is 0 Å². The third-order valence-corrected chi connectivity index (χ3v) is 5.93. The van der Waals surface area contributed by atoms with Crippen LogP contribution in [-0.2, 0) is 9.31 Å². The summed E-state index contributed by atoms with van der Waals surface area (Å²) in [4.78, 5) is 0. The highest BCUT2D eigenvalue weighted by Gasteiger charge is 3.01. The summed E-state index contributed by atoms with van der Waals surface area (Å²) in [7, 11) is -3.27. The largest absolute Gasteiger partial charge is 0.497 e. The van der Waals surface area contributed by atoms with Crippen LogP contribution in [0.3, 0.4) is 0 Å². The molecule has 174 valence electrons. The topological polar surface area (TPSA) is 18.5 Å². The first-order valence-corrected chi connectivity index (χ1v) is 8.48. The number of hydrogen-bond donors (Lipinski definition) is 0. The monoisotopic (exact) mass is 514 g/mol. The number of hydrogen-bond acceptors (Lipinski definition) is 2. The predicted octanol–water partition coefficient (Wildman–Crippen LogP) is 5.12. The summed E-state index contributed by atoms with van der Waals surface area (Å²) < 4.78 is 170. The Balaban J connectivity index is 2.05. The van der Waals surface area contributed by atoms with E-state index in [0.717, 1.165) is 18.2 Å². The van der Waals surface area contributed by atoms with Crippen molar-refractivity contribution in [1.29, 1.82) is 0 Å². The molecule has 0 aromatic heterocycles. The second-order valence-corrected chi connectivity index (χ2v) is 7.68. The predicted molar refractivity (Wildman–Crippen MR) is 80.9 cm³/mol. The Bertz CT molecular complexity index is 793. The Hall–Kier alpha value is -1.06. The fraction of sp³-hybridized carbons (Fsp3) is 0.571. The van der Waals surface area contributed by atoms with E-state index >= 15 is 0 Å². The quantitative estimate of drug-likeness (QED) is 0.308. The van der Waals surface area contributed by atoms with E-state index in [4.69, 9.17) is 23.2 Å². The summed E-state index contributed by atoms with van der Waals surface area (Å²) in [6, 6.07) is 4.41. The highest BCUT2D eigenvalue weighted by Crippen LogP contribution is 2.72. The molecule has 2 aliphatic carbocycles. The Morgan fingerprint density at radius 2 is 0.806 bits per heavy atom. The van der Waals surface area contributed by atoms with Crippen LogP contribution in [0.15, 0.2) is 30.3 Å². The van der Waals surface area contributed by atoms with Gasteiger partial charge in [-0.15, -0.1) is 0 Å². The maximum absolute atomic E-state index is 13.7. The first kappa shape index (κ1) is 24.6. The zero-order chi connectivity index (χ0) is 24.1. The molecular weight excluding hydrogens is 510 g/mol. The van der Waals surface area contributed by atoms with E-state index in [0.29, 0.717) is 12.1 Å². The molecule has 31 heavy (non-hydrogen) atoms. The van der Waals surface area contributed by atoms with Crippen LogP contribution in [-0.4, -0.2) is 52.8 Å². The van der Waals surface area contributed by atoms with Gasteiger partial charge in [-0.3, -0.25) is 0 Å². The van der Waals surface area contributed by atoms with Crippen molar-refractivity contribution in [2.45, 2.75) is 45.7 Å². The lowest BCUT2D eigenvalue weighted by molar-refractivity contribution is -0.468. The van der Waals surface area contributed by atoms with Crippen molar-refractivity contribution in [3.8, 4) is 0 Å². The first-order chi connectivity index (χ1) is 13.7. The van der Waals surface area contributed by atoms with Gasteiger partial charge in [0, 0.05) is 0 Å². The molecule has 0 unspecified atom stereocenters. The molecule has 0 amide bonds. The van der Waals surface area contributed by atoms with Crippen molar-refractivity contribution < 1.29 is 62.0 Å². The number of rotatable bonds is 5. The molecule has 0 aliphatic heterocycles. The minimum absolute atomic E-state index is 0.672. The second kappa shape index (κ2) is 6.29. The molecule has 2 aliphatic rings. The standard InChI is InChI=1S/C14H5BCl2F12O2/c16-7(9(18,19)13(26,27)10(7,20)21)30-15(6-4-2-1-3-5-6)31-8(17)11(22,23)14(28,29)12(8,24)25/h1-5H. The summed E-state index contributed by atoms with van der Waals surface area (Å²) in [5.41, 5.74) is -0.897. The van der Waals surface area contributed by atoms with E-state index in [1.165, 1.54) is 0 Å². The van der Waals surface area contributed by atoms with Gasteiger partial charge in [0.25, 0.3) is 10.1 Å². The van der Waals surface area contributed by atoms with Gasteiger partial charge in [-0.05, 0) is 5.46 Å². The fourth-order valence-corrected chi connectivity index (χ4v) is 3.47. The van der Waals surface area contributed by atoms with Crippen LogP contribution in [0.1, 0.15) is 0 Å². The zero-order valence-corrected chi connectivity index (χ0v) is 15.6. The van der Waals surface area contributed by atoms with Gasteiger partial charge in [-0.25, -0.2) is 0 Å². The lowest BCUT2D eigenvalue weighted by Gasteiger charge is -2.57. The van der Waals surface area contributed by atoms with Crippen molar-refractivity contribution in [3.63, 3.8) is 0 Å². The van der Waals surface area contributed by atoms with Gasteiger partial charge in [0.1, 0.15) is 0 Å². The van der Waals surface area contributed by atoms with Gasteiger partial charge < -0.3 is 9.31 Å². The molecule has 0 bridgehead atoms. The molecule has 0 atom stereocenters. The minimum atomic E-state index is -6.10. The molecule has 3 rings (SSSR count). The van der Waals surface area contributed by atoms with E-state index in [1.807, 2.05) is 0 Å². The van der Waals surface area contributed by atoms with Crippen molar-refractivity contribution >= 4 is 35.8 Å². The lowest BCUT2D eigenvalue weighted by Crippen LogP contribution is -2.87. The Labute approximate surface area is 174 Å². The van der Waals surface area contributed by atoms with E-state index in [9.17, 15) is 52.7 Å². The van der Waals surface area contributed by atoms with E-state index in [-0.39, 0.29) is 0 Å². The molecule has 0 radical (unpaired) electrons. The van der Waals surface area contributed by atoms with Gasteiger partial charge in [0.05, 0.1) is 0 Å². The average Bonchev–Trinajstić information content (AvgIpc) is 2.65. The number of alkyl halides is 14. The molecule has 2 saturated carbocycles. The first-order valence-electron chi connectivity index (χ1n) is 7.72. The normalized spacial score (nSPS) is 29.4. The summed E-state index contributed by atoms with van der Waals surface area (Å²) >= 11 is 9.72. The molecule has 2 fully saturated rings. The Kier molecular flexibility index (Phi) is 4.99. The van der Waals surface area contributed by atoms with Crippen LogP contribution in [0.25, 0.3) is 0 Å². The van der Waals surface area contributed by atoms with E-state index in [1.54, 1.807) is 0 Å². The smallest absolute Gasteiger partial charge is 0.378 e. The summed E-state index contributed by atoms with van der Waals surface area (Å²) in [5, 5.41) is -10.0. The van der Waals surface area contributed by atoms with Crippen molar-refractivity contribution in [1.82, 2.24) is 0 Å². The highest BCUT2D eigenvalue weighted by atomic mass is 35.5. The summed E-state index contributed by atoms with van der Waals surface area (Å²) in [6.07, 6.45) is 0. The average molecular weight is 515 g/mol. The van der Waals surface area contributed by atoms with E-state index < -0.39 is 58.2 Å². The zero-order valence-electron chi connectivity index (χ0n) is 14.1. The van der Waals surface area contributed by atoms with Gasteiger partial charge in [-0.1, -0.05) is 53.5 Å². The van der Waals surface area contributed by atoms with E-state index in [2.05, 4.69) is 9.31 Å². The second-order valence-electron chi connectivity index (χ2n) is 6.62. The lowest BCUT2D eigenvalue weighted by atomic mass is 9.71. The SMILES string of the molecule is FC1(F)C(F)(F)C(Cl)(OB(OC2(Cl)C(F)(F)C(F)(F)C2(F)F)c2ccccc2)C1(F)F. The molecule has 0 N–H and O–H groups in total. The van der Waals surface area contributed by atoms with Crippen LogP contribution < -0.4 is 5.46 Å². The van der Waals surface area contributed by atoms with Crippen LogP contribution in [0, 0.1) is 0 Å². The third kappa shape index (κ3) is 2.43. The van der Waals surface area contributed by atoms with Gasteiger partial charge >= 0.3 is 42.7 Å². The van der Waals surface area contributed by atoms with Crippen LogP contribution >= 0.6 is 23.2 Å². The molecule has 1 aromatic rings. The fourth-order valence-electron chi connectivity index (χ4n) is 2.83. The molecule has 0 spiro atoms. The minimum Gasteiger partial charge on any atom is -0.378 e. The van der Waals surface area contributed by atoms with Crippen molar-refractivity contribution in [3.05, 3.63) is 30.3 Å². The molecule has 0 saturated heterocycles. The maximum atomic E-state index is 13.7. The molecule has 2 nitrogen and oxygen atoms in total. The van der Waals surface area contributed by atoms with Crippen molar-refractivity contribution in [2.24, 2.45) is 0 Å². The third-order valence-electron chi connectivity index (χ3n) is 4.80. The van der Waals surface area contributed by atoms with Crippen LogP contribution in [0.4, 0.5) is 52.7 Å². The van der Waals surface area contributed by atoms with Gasteiger partial charge in [0.2, 0.25) is 0 Å². The van der Waals surface area contributed by atoms with Crippen molar-refractivity contribution in [2.75, 3.05) is 0 Å². The number of halogens is 14. The van der Waals surface area contributed by atoms with Crippen LogP contribution in [0.5, 0.6) is 0 Å². The Morgan fingerprint density at radius 1 is 0.516 bits per heavy atom. The Morgan fingerprint density at radius 3 is 1.10 bits per heavy atom. The maximum Gasteiger partial charge on any atom is 0.497 e. The summed E-state index contributed by atoms with van der Waals surface area (Å²) in [5.74, 6) is -35.7. The number of benzene rings is 1. The highest BCUT2D eigenvalue weighted by molar-refractivity contribution is 6.62.